The van der Waals surface area contributed by atoms with Gasteiger partial charge in [-0.3, -0.25) is 43.2 Å². The van der Waals surface area contributed by atoms with E-state index in [1.54, 1.807) is 31.2 Å². The predicted octanol–water partition coefficient (Wildman–Crippen LogP) is 2.81. The van der Waals surface area contributed by atoms with Crippen LogP contribution in [0.4, 0.5) is 5.69 Å². The first-order valence-corrected chi connectivity index (χ1v) is 37.2. The van der Waals surface area contributed by atoms with Gasteiger partial charge in [0, 0.05) is 34.3 Å². The molecule has 11 bridgehead atoms. The number of benzene rings is 6. The number of carbonyl (C=O) groups excluding carboxylic acids is 8. The van der Waals surface area contributed by atoms with Crippen molar-refractivity contribution in [1.29, 1.82) is 0 Å². The third-order valence-corrected chi connectivity index (χ3v) is 20.6. The zero-order valence-corrected chi connectivity index (χ0v) is 63.7. The van der Waals surface area contributed by atoms with E-state index in [-0.39, 0.29) is 46.2 Å². The molecular formula is C76H85Cl3N10O25. The van der Waals surface area contributed by atoms with Gasteiger partial charge in [0.1, 0.15) is 108 Å². The Balaban J connectivity index is 1.15. The summed E-state index contributed by atoms with van der Waals surface area (Å²) in [5.41, 5.74) is 2.10. The topological polar surface area (TPSA) is 546 Å². The number of ether oxygens (including phenoxy) is 6. The van der Waals surface area contributed by atoms with Crippen LogP contribution in [-0.4, -0.2) is 203 Å². The second-order valence-electron chi connectivity index (χ2n) is 28.7. The Morgan fingerprint density at radius 2 is 1.32 bits per heavy atom. The molecule has 13 rings (SSSR count). The number of aromatic hydroxyl groups is 3. The summed E-state index contributed by atoms with van der Waals surface area (Å²) >= 11 is 20.5. The number of aliphatic hydroxyl groups excluding tert-OH is 6. The molecule has 7 heterocycles. The molecule has 8 amide bonds. The number of phenols is 3. The molecule has 7 aliphatic rings. The van der Waals surface area contributed by atoms with E-state index in [0.29, 0.717) is 23.7 Å². The first-order valence-electron chi connectivity index (χ1n) is 36.1. The van der Waals surface area contributed by atoms with E-state index in [1.165, 1.54) is 19.1 Å². The van der Waals surface area contributed by atoms with Crippen LogP contribution in [0.3, 0.4) is 0 Å². The molecule has 38 heteroatoms. The lowest BCUT2D eigenvalue weighted by Gasteiger charge is -2.48. The Morgan fingerprint density at radius 1 is 0.693 bits per heavy atom. The lowest BCUT2D eigenvalue weighted by molar-refractivity contribution is -0.332. The van der Waals surface area contributed by atoms with Crippen LogP contribution in [0.2, 0.25) is 15.1 Å². The Labute approximate surface area is 665 Å². The molecule has 0 unspecified atom stereocenters. The zero-order valence-electron chi connectivity index (χ0n) is 61.5. The molecule has 6 aromatic rings. The van der Waals surface area contributed by atoms with Gasteiger partial charge in [-0.05, 0) is 146 Å². The molecule has 0 saturated carbocycles. The number of nitrogens with one attached hydrogen (secondary N) is 9. The van der Waals surface area contributed by atoms with E-state index in [0.717, 1.165) is 66.7 Å². The summed E-state index contributed by atoms with van der Waals surface area (Å²) in [5.74, 6) is -17.3. The molecule has 18 atom stereocenters. The number of halogens is 3. The maximum Gasteiger partial charge on any atom is 0.322 e. The molecule has 114 heavy (non-hydrogen) atoms. The van der Waals surface area contributed by atoms with Crippen molar-refractivity contribution < 1.29 is 123 Å². The van der Waals surface area contributed by atoms with E-state index in [4.69, 9.17) is 69.0 Å². The minimum absolute atomic E-state index is 0.112. The summed E-state index contributed by atoms with van der Waals surface area (Å²) in [7, 11) is 0. The number of hydrogen-bond acceptors (Lipinski definition) is 26. The number of phenolic OH excluding ortho intramolecular Hbond substituents is 3. The average Bonchev–Trinajstić information content (AvgIpc) is 0.762. The summed E-state index contributed by atoms with van der Waals surface area (Å²) in [4.78, 5) is 132. The van der Waals surface area contributed by atoms with Crippen molar-refractivity contribution in [1.82, 2.24) is 42.5 Å². The molecule has 6 aromatic carbocycles. The molecule has 0 aliphatic carbocycles. The van der Waals surface area contributed by atoms with Gasteiger partial charge in [-0.25, -0.2) is 0 Å². The van der Waals surface area contributed by atoms with Crippen molar-refractivity contribution in [2.45, 2.75) is 170 Å². The Hall–Kier alpha value is -10.4. The fourth-order valence-electron chi connectivity index (χ4n) is 14.0. The minimum atomic E-state index is -2.38. The number of nitrogens with two attached hydrogens (primary N) is 1. The van der Waals surface area contributed by atoms with Gasteiger partial charge in [0.25, 0.3) is 0 Å². The Bertz CT molecular complexity index is 4680. The number of hydrogen-bond donors (Lipinski definition) is 20. The van der Waals surface area contributed by atoms with E-state index in [2.05, 4.69) is 47.9 Å². The van der Waals surface area contributed by atoms with E-state index in [9.17, 15) is 70.2 Å². The number of fused-ring (bicyclic) bond motifs is 15. The van der Waals surface area contributed by atoms with Crippen LogP contribution >= 0.6 is 34.8 Å². The van der Waals surface area contributed by atoms with Gasteiger partial charge in [-0.15, -0.1) is 0 Å². The SMILES string of the molecule is CCCN[C@H](CC(C)C)C(=O)N[C@H]1C(=O)N[C@@H](CC(N)=O)C(=O)N[C@H]2C(=O)N[C@H]3C(=O)N[C@H](C(=O)N[C@H](C(=O)NCC(=O)O)c4cc(O)cc(O)c4-c4cc3ccc4O)[C@H](O)c3ccc(c(Cl)c3)Oc3cc2cc(c3O[C@@H]2O[C@@H](CO)[C@@H](O)[C@H](O)[C@@H]2O[C@H]2C[C@](C)(Nc3ccc(Cl)cc3)[C@H](O)[C@H](C)O2)Oc2ccc(cc2Cl)[C@H]1O. The summed E-state index contributed by atoms with van der Waals surface area (Å²) in [6.45, 7) is 6.98. The Morgan fingerprint density at radius 3 is 1.93 bits per heavy atom. The van der Waals surface area contributed by atoms with Crippen LogP contribution in [0.1, 0.15) is 118 Å². The molecule has 0 aromatic heterocycles. The molecular weight excluding hydrogens is 1560 g/mol. The van der Waals surface area contributed by atoms with Crippen molar-refractivity contribution in [3.05, 3.63) is 146 Å². The van der Waals surface area contributed by atoms with E-state index < -0.39 is 250 Å². The van der Waals surface area contributed by atoms with Gasteiger partial charge in [0.15, 0.2) is 23.9 Å². The van der Waals surface area contributed by atoms with Crippen LogP contribution < -0.4 is 67.8 Å². The minimum Gasteiger partial charge on any atom is -0.508 e. The summed E-state index contributed by atoms with van der Waals surface area (Å²) in [5, 5.41) is 139. The summed E-state index contributed by atoms with van der Waals surface area (Å²) in [6, 6.07) is 5.77. The average molecular weight is 1640 g/mol. The van der Waals surface area contributed by atoms with Crippen LogP contribution in [-0.2, 0) is 57.4 Å². The molecule has 610 valence electrons. The number of primary amides is 1. The van der Waals surface area contributed by atoms with Crippen molar-refractivity contribution in [2.24, 2.45) is 11.7 Å². The number of amides is 8. The smallest absolute Gasteiger partial charge is 0.322 e. The number of aliphatic hydroxyl groups is 6. The maximum atomic E-state index is 16.3. The molecule has 2 saturated heterocycles. The maximum absolute atomic E-state index is 16.3. The normalized spacial score (nSPS) is 27.3. The second-order valence-corrected chi connectivity index (χ2v) is 29.9. The zero-order chi connectivity index (χ0) is 82.6. The fourth-order valence-corrected chi connectivity index (χ4v) is 14.6. The van der Waals surface area contributed by atoms with E-state index in [1.807, 2.05) is 20.8 Å². The lowest BCUT2D eigenvalue weighted by Crippen LogP contribution is -2.64. The van der Waals surface area contributed by atoms with Crippen LogP contribution in [0, 0.1) is 5.92 Å². The van der Waals surface area contributed by atoms with Crippen molar-refractivity contribution in [3.8, 4) is 57.1 Å². The summed E-state index contributed by atoms with van der Waals surface area (Å²) in [6.07, 6.45) is -18.3. The highest BCUT2D eigenvalue weighted by atomic mass is 35.5. The van der Waals surface area contributed by atoms with Gasteiger partial charge >= 0.3 is 5.97 Å². The quantitative estimate of drug-likeness (QED) is 0.0554. The largest absolute Gasteiger partial charge is 0.508 e. The highest BCUT2D eigenvalue weighted by Gasteiger charge is 2.52. The predicted molar refractivity (Wildman–Crippen MR) is 402 cm³/mol. The second kappa shape index (κ2) is 35.6. The number of anilines is 1. The van der Waals surface area contributed by atoms with Gasteiger partial charge in [-0.1, -0.05) is 73.8 Å². The molecule has 21 N–H and O–H groups in total. The first-order chi connectivity index (χ1) is 54.0. The lowest BCUT2D eigenvalue weighted by atomic mass is 9.84. The molecule has 35 nitrogen and oxygen atoms in total. The number of aliphatic carboxylic acids is 1. The monoisotopic (exact) mass is 1640 g/mol. The molecule has 0 radical (unpaired) electrons. The van der Waals surface area contributed by atoms with Crippen LogP contribution in [0.25, 0.3) is 11.1 Å². The highest BCUT2D eigenvalue weighted by Crippen LogP contribution is 2.50. The number of carbonyl (C=O) groups is 9. The standard InChI is InChI=1S/C76H85Cl3N10O25/c1-6-17-81-43(18-30(2)3)68(102)87-59-61(97)33-8-15-47(41(78)20-33)110-49-22-35-23-50(65(49)114-75-66(64(100)63(99)51(29-90)112-75)113-54-27-76(5,67(101)31(4)109-54)89-37-12-10-36(77)11-13-37)111-48-16-9-34(21-42(48)79)62(98)60-74(108)86-58(70(104)82-28-53(95)96)40-24-38(91)25-46(93)55(40)39-19-32(7-14-45(39)92)56(71(105)88-60)85-72(106)57(35)84-69(103)44(26-52(80)94)83-73(59)107/h7-16,19-25,30-31,43-44,51,54,56-64,66-67,75,81,89-93,97-101H,6,17-18,26-29H2,1-5H3,(H2,80,94)(H,82,104)(H,83,107)(H,84,103)(H,85,106)(H,86,108)(H,87,102)(H,88,105)(H,95,96)/t31-,43+,44-,51-,54-,56+,57+,58-,59+,60-,61+,62+,63+,64-,66-,67+,75-,76-/m0/s1. The van der Waals surface area contributed by atoms with Gasteiger partial charge < -0.3 is 133 Å². The van der Waals surface area contributed by atoms with Gasteiger partial charge in [-0.2, -0.15) is 0 Å². The Kier molecular flexibility index (Phi) is 26.4. The van der Waals surface area contributed by atoms with Crippen molar-refractivity contribution in [2.75, 3.05) is 25.0 Å². The van der Waals surface area contributed by atoms with E-state index >= 15 is 24.0 Å². The fraction of sp³-hybridized carbons (Fsp3) is 0.408. The number of carboxylic acids is 1. The number of carboxylic acid groups (broad SMARTS) is 1. The van der Waals surface area contributed by atoms with Crippen molar-refractivity contribution >= 4 is 93.7 Å². The number of rotatable bonds is 19. The molecule has 0 spiro atoms. The van der Waals surface area contributed by atoms with Crippen LogP contribution in [0.15, 0.2) is 103 Å². The van der Waals surface area contributed by atoms with Gasteiger partial charge in [0.2, 0.25) is 59.3 Å². The van der Waals surface area contributed by atoms with Crippen LogP contribution in [0.5, 0.6) is 46.0 Å². The highest BCUT2D eigenvalue weighted by molar-refractivity contribution is 6.32. The van der Waals surface area contributed by atoms with Gasteiger partial charge in [0.05, 0.1) is 40.8 Å². The summed E-state index contributed by atoms with van der Waals surface area (Å²) < 4.78 is 39.3. The third kappa shape index (κ3) is 18.9. The molecule has 2 fully saturated rings. The first kappa shape index (κ1) is 84.5. The third-order valence-electron chi connectivity index (χ3n) is 19.7. The molecule has 7 aliphatic heterocycles. The van der Waals surface area contributed by atoms with Crippen molar-refractivity contribution in [3.63, 3.8) is 0 Å².